The lowest BCUT2D eigenvalue weighted by Gasteiger charge is -2.17. The minimum atomic E-state index is -0.991. The maximum atomic E-state index is 9.09. The van der Waals surface area contributed by atoms with Crippen LogP contribution in [0.1, 0.15) is 6.42 Å². The van der Waals surface area contributed by atoms with Gasteiger partial charge in [0.15, 0.2) is 0 Å². The Kier molecular flexibility index (Phi) is 2.62. The van der Waals surface area contributed by atoms with Crippen molar-refractivity contribution in [1.29, 1.82) is 0 Å². The third kappa shape index (κ3) is 1.67. The molecule has 0 spiro atoms. The second-order valence-corrected chi connectivity index (χ2v) is 2.62. The third-order valence-electron chi connectivity index (χ3n) is 1.76. The summed E-state index contributed by atoms with van der Waals surface area (Å²) < 4.78 is 0. The molecule has 3 atom stereocenters. The predicted octanol–water partition coefficient (Wildman–Crippen LogP) is -1.94. The van der Waals surface area contributed by atoms with Crippen LogP contribution in [0.25, 0.3) is 0 Å². The van der Waals surface area contributed by atoms with Crippen molar-refractivity contribution < 1.29 is 15.3 Å². The summed E-state index contributed by atoms with van der Waals surface area (Å²) in [6.07, 6.45) is -2.12. The Morgan fingerprint density at radius 1 is 1.10 bits per heavy atom. The summed E-state index contributed by atoms with van der Waals surface area (Å²) in [5.41, 5.74) is 0. The fraction of sp³-hybridized carbons (Fsp3) is 1.00. The molecule has 0 radical (unpaired) electrons. The predicted molar refractivity (Wildman–Crippen MR) is 35.5 cm³/mol. The van der Waals surface area contributed by atoms with Crippen LogP contribution in [0.5, 0.6) is 0 Å². The molecule has 0 amide bonds. The molecule has 0 bridgehead atoms. The van der Waals surface area contributed by atoms with E-state index >= 15 is 0 Å². The molecule has 1 saturated heterocycles. The first-order valence-corrected chi connectivity index (χ1v) is 3.46. The van der Waals surface area contributed by atoms with Crippen molar-refractivity contribution in [3.8, 4) is 0 Å². The van der Waals surface area contributed by atoms with Crippen LogP contribution >= 0.6 is 0 Å². The van der Waals surface area contributed by atoms with Crippen LogP contribution in [-0.4, -0.2) is 46.7 Å². The van der Waals surface area contributed by atoms with Crippen LogP contribution in [0.2, 0.25) is 0 Å². The molecule has 10 heavy (non-hydrogen) atoms. The van der Waals surface area contributed by atoms with E-state index in [0.717, 1.165) is 0 Å². The van der Waals surface area contributed by atoms with Crippen LogP contribution in [0, 0.1) is 0 Å². The molecule has 0 unspecified atom stereocenters. The lowest BCUT2D eigenvalue weighted by molar-refractivity contribution is -0.0503. The molecular weight excluding hydrogens is 134 g/mol. The molecule has 4 nitrogen and oxygen atoms in total. The fourth-order valence-corrected chi connectivity index (χ4v) is 1.05. The molecule has 4 heteroatoms. The first-order chi connectivity index (χ1) is 4.72. The maximum Gasteiger partial charge on any atom is 0.107 e. The molecule has 1 aliphatic rings. The highest BCUT2D eigenvalue weighted by Crippen LogP contribution is 2.05. The maximum absolute atomic E-state index is 9.09. The normalized spacial score (nSPS) is 42.9. The van der Waals surface area contributed by atoms with Crippen LogP contribution in [0.4, 0.5) is 0 Å². The van der Waals surface area contributed by atoms with Gasteiger partial charge in [-0.25, -0.2) is 0 Å². The van der Waals surface area contributed by atoms with Gasteiger partial charge in [0.1, 0.15) is 6.10 Å². The summed E-state index contributed by atoms with van der Waals surface area (Å²) in [6.45, 7) is 1.01. The molecule has 0 aromatic rings. The van der Waals surface area contributed by atoms with Gasteiger partial charge in [0, 0.05) is 6.54 Å². The first kappa shape index (κ1) is 7.94. The van der Waals surface area contributed by atoms with Crippen molar-refractivity contribution in [3.63, 3.8) is 0 Å². The van der Waals surface area contributed by atoms with E-state index in [4.69, 9.17) is 15.3 Å². The van der Waals surface area contributed by atoms with Crippen LogP contribution in [0.15, 0.2) is 0 Å². The molecule has 1 fully saturated rings. The van der Waals surface area contributed by atoms with Crippen molar-refractivity contribution >= 4 is 0 Å². The van der Waals surface area contributed by atoms with E-state index in [1.807, 2.05) is 0 Å². The van der Waals surface area contributed by atoms with Gasteiger partial charge in [0.2, 0.25) is 0 Å². The first-order valence-electron chi connectivity index (χ1n) is 3.46. The van der Waals surface area contributed by atoms with E-state index in [9.17, 15) is 0 Å². The Hall–Kier alpha value is -0.160. The lowest BCUT2D eigenvalue weighted by Crippen LogP contribution is -2.38. The second-order valence-electron chi connectivity index (χ2n) is 2.62. The van der Waals surface area contributed by atoms with E-state index in [1.54, 1.807) is 0 Å². The molecule has 0 aromatic carbocycles. The van der Waals surface area contributed by atoms with Crippen molar-refractivity contribution in [2.24, 2.45) is 0 Å². The topological polar surface area (TPSA) is 72.7 Å². The van der Waals surface area contributed by atoms with Gasteiger partial charge in [-0.1, -0.05) is 0 Å². The molecule has 0 saturated carbocycles. The minimum absolute atomic E-state index is 0.359. The van der Waals surface area contributed by atoms with E-state index in [2.05, 4.69) is 5.32 Å². The molecular formula is C6H13NO3. The van der Waals surface area contributed by atoms with Crippen molar-refractivity contribution in [1.82, 2.24) is 5.32 Å². The summed E-state index contributed by atoms with van der Waals surface area (Å²) in [6, 6.07) is 0. The number of hydrogen-bond acceptors (Lipinski definition) is 4. The standard InChI is InChI=1S/C6H13NO3/c8-4-1-2-7-3-5(9)6(4)10/h4-10H,1-3H2/t4-,5+,6-/m1/s1. The number of aliphatic hydroxyl groups is 3. The van der Waals surface area contributed by atoms with Crippen LogP contribution < -0.4 is 5.32 Å². The van der Waals surface area contributed by atoms with E-state index in [0.29, 0.717) is 19.5 Å². The fourth-order valence-electron chi connectivity index (χ4n) is 1.05. The second kappa shape index (κ2) is 3.30. The SMILES string of the molecule is O[C@@H]1[C@H](O)CCNC[C@@H]1O. The van der Waals surface area contributed by atoms with E-state index in [-0.39, 0.29) is 0 Å². The van der Waals surface area contributed by atoms with Gasteiger partial charge in [-0.15, -0.1) is 0 Å². The van der Waals surface area contributed by atoms with Crippen LogP contribution in [0.3, 0.4) is 0 Å². The van der Waals surface area contributed by atoms with Crippen molar-refractivity contribution in [3.05, 3.63) is 0 Å². The average Bonchev–Trinajstić information content (AvgIpc) is 2.04. The Morgan fingerprint density at radius 2 is 1.80 bits per heavy atom. The largest absolute Gasteiger partial charge is 0.390 e. The van der Waals surface area contributed by atoms with Gasteiger partial charge in [-0.05, 0) is 13.0 Å². The number of rotatable bonds is 0. The Balaban J connectivity index is 2.46. The quantitative estimate of drug-likeness (QED) is 0.322. The van der Waals surface area contributed by atoms with Crippen LogP contribution in [-0.2, 0) is 0 Å². The summed E-state index contributed by atoms with van der Waals surface area (Å²) in [7, 11) is 0. The monoisotopic (exact) mass is 147 g/mol. The zero-order valence-corrected chi connectivity index (χ0v) is 5.70. The molecule has 0 aromatic heterocycles. The summed E-state index contributed by atoms with van der Waals surface area (Å²) in [5.74, 6) is 0. The zero-order chi connectivity index (χ0) is 7.56. The summed E-state index contributed by atoms with van der Waals surface area (Å²) in [4.78, 5) is 0. The zero-order valence-electron chi connectivity index (χ0n) is 5.70. The number of aliphatic hydroxyl groups excluding tert-OH is 3. The van der Waals surface area contributed by atoms with Crippen molar-refractivity contribution in [2.45, 2.75) is 24.7 Å². The lowest BCUT2D eigenvalue weighted by atomic mass is 10.1. The molecule has 1 heterocycles. The smallest absolute Gasteiger partial charge is 0.107 e. The number of nitrogens with one attached hydrogen (secondary N) is 1. The van der Waals surface area contributed by atoms with Gasteiger partial charge in [0.25, 0.3) is 0 Å². The molecule has 60 valence electrons. The molecule has 4 N–H and O–H groups in total. The Morgan fingerprint density at radius 3 is 2.50 bits per heavy atom. The summed E-state index contributed by atoms with van der Waals surface area (Å²) >= 11 is 0. The highest BCUT2D eigenvalue weighted by atomic mass is 16.4. The Bertz CT molecular complexity index is 97.2. The van der Waals surface area contributed by atoms with Gasteiger partial charge in [0.05, 0.1) is 12.2 Å². The van der Waals surface area contributed by atoms with Gasteiger partial charge in [-0.3, -0.25) is 0 Å². The third-order valence-corrected chi connectivity index (χ3v) is 1.76. The number of hydrogen-bond donors (Lipinski definition) is 4. The van der Waals surface area contributed by atoms with Gasteiger partial charge in [-0.2, -0.15) is 0 Å². The highest BCUT2D eigenvalue weighted by molar-refractivity contribution is 4.80. The van der Waals surface area contributed by atoms with E-state index in [1.165, 1.54) is 0 Å². The Labute approximate surface area is 59.5 Å². The highest BCUT2D eigenvalue weighted by Gasteiger charge is 2.26. The van der Waals surface area contributed by atoms with Gasteiger partial charge >= 0.3 is 0 Å². The number of β-amino-alcohol motifs (C(OH)–C–C–N with tert-alkyl or cyclic N) is 1. The van der Waals surface area contributed by atoms with Gasteiger partial charge < -0.3 is 20.6 Å². The molecule has 1 aliphatic heterocycles. The molecule has 1 rings (SSSR count). The van der Waals surface area contributed by atoms with Crippen molar-refractivity contribution in [2.75, 3.05) is 13.1 Å². The molecule has 0 aliphatic carbocycles. The average molecular weight is 147 g/mol. The minimum Gasteiger partial charge on any atom is -0.390 e. The van der Waals surface area contributed by atoms with E-state index < -0.39 is 18.3 Å². The summed E-state index contributed by atoms with van der Waals surface area (Å²) in [5, 5.41) is 30.1.